The highest BCUT2D eigenvalue weighted by atomic mass is 16.3. The maximum absolute atomic E-state index is 10.9. The van der Waals surface area contributed by atoms with Crippen LogP contribution < -0.4 is 5.73 Å². The maximum Gasteiger partial charge on any atom is 0.220 e. The summed E-state index contributed by atoms with van der Waals surface area (Å²) in [5, 5.41) is 15.4. The monoisotopic (exact) mass is 545 g/mol. The lowest BCUT2D eigenvalue weighted by Crippen LogP contribution is -2.56. The van der Waals surface area contributed by atoms with Gasteiger partial charge in [0.05, 0.1) is 11.8 Å². The summed E-state index contributed by atoms with van der Waals surface area (Å²) in [5.41, 5.74) is 5.64. The van der Waals surface area contributed by atoms with E-state index in [-0.39, 0.29) is 24.2 Å². The third kappa shape index (κ3) is 8.99. The third-order valence-corrected chi connectivity index (χ3v) is 9.25. The standard InChI is InChI=1S/C26H46N4O.C6H13NO/c1-19-17-24(29(21(19)3)16-12-15-23-13-10-9-11-14-23)18-20(2)30-22(4)27(7)28(8)25(30)26(5,6)31;1-3-4-5(2)6(7)8/h9-11,13-14,19-22,24-25,31H,12,15-18H2,1-8H3;5H,3-4H2,1-2H3,(H2,7,8). The van der Waals surface area contributed by atoms with E-state index in [0.717, 1.165) is 31.6 Å². The van der Waals surface area contributed by atoms with Crippen LogP contribution in [0.5, 0.6) is 0 Å². The van der Waals surface area contributed by atoms with Gasteiger partial charge in [0.25, 0.3) is 0 Å². The predicted octanol–water partition coefficient (Wildman–Crippen LogP) is 4.94. The van der Waals surface area contributed by atoms with Crippen LogP contribution in [0, 0.1) is 11.8 Å². The number of carbonyl (C=O) groups is 1. The van der Waals surface area contributed by atoms with E-state index in [9.17, 15) is 9.90 Å². The van der Waals surface area contributed by atoms with E-state index in [1.54, 1.807) is 0 Å². The van der Waals surface area contributed by atoms with Gasteiger partial charge in [-0.05, 0) is 84.7 Å². The first-order valence-electron chi connectivity index (χ1n) is 15.2. The smallest absolute Gasteiger partial charge is 0.220 e. The number of benzene rings is 1. The van der Waals surface area contributed by atoms with Crippen LogP contribution in [-0.2, 0) is 11.2 Å². The Bertz CT molecular complexity index is 860. The summed E-state index contributed by atoms with van der Waals surface area (Å²) in [5.74, 6) is 0.604. The van der Waals surface area contributed by atoms with Gasteiger partial charge >= 0.3 is 0 Å². The molecule has 0 aromatic heterocycles. The van der Waals surface area contributed by atoms with E-state index in [0.29, 0.717) is 18.1 Å². The van der Waals surface area contributed by atoms with Crippen molar-refractivity contribution < 1.29 is 9.90 Å². The molecule has 0 radical (unpaired) electrons. The van der Waals surface area contributed by atoms with Crippen LogP contribution in [-0.4, -0.2) is 87.5 Å². The van der Waals surface area contributed by atoms with Crippen molar-refractivity contribution in [3.8, 4) is 0 Å². The number of carbonyl (C=O) groups excluding carboxylic acids is 1. The average Bonchev–Trinajstić information content (AvgIpc) is 3.26. The minimum absolute atomic E-state index is 0.00900. The number of amides is 1. The average molecular weight is 546 g/mol. The molecular weight excluding hydrogens is 486 g/mol. The fourth-order valence-electron chi connectivity index (χ4n) is 6.70. The lowest BCUT2D eigenvalue weighted by molar-refractivity contribution is -0.121. The molecule has 7 nitrogen and oxygen atoms in total. The Labute approximate surface area is 239 Å². The van der Waals surface area contributed by atoms with Crippen LogP contribution in [0.3, 0.4) is 0 Å². The van der Waals surface area contributed by atoms with Gasteiger partial charge in [-0.1, -0.05) is 57.5 Å². The van der Waals surface area contributed by atoms with Crippen LogP contribution in [0.1, 0.15) is 93.1 Å². The molecule has 3 rings (SSSR count). The minimum atomic E-state index is -0.784. The third-order valence-electron chi connectivity index (χ3n) is 9.25. The Balaban J connectivity index is 0.000000580. The molecule has 39 heavy (non-hydrogen) atoms. The molecule has 0 bridgehead atoms. The first-order chi connectivity index (χ1) is 18.2. The second-order valence-corrected chi connectivity index (χ2v) is 12.9. The number of hydrogen-bond acceptors (Lipinski definition) is 6. The first-order valence-corrected chi connectivity index (χ1v) is 15.2. The summed E-state index contributed by atoms with van der Waals surface area (Å²) in [6, 6.07) is 12.5. The quantitative estimate of drug-likeness (QED) is 0.410. The minimum Gasteiger partial charge on any atom is -0.387 e. The van der Waals surface area contributed by atoms with E-state index in [2.05, 4.69) is 91.9 Å². The van der Waals surface area contributed by atoms with E-state index >= 15 is 0 Å². The van der Waals surface area contributed by atoms with Crippen molar-refractivity contribution in [2.45, 2.75) is 130 Å². The van der Waals surface area contributed by atoms with Gasteiger partial charge in [-0.3, -0.25) is 14.6 Å². The second kappa shape index (κ2) is 14.9. The Morgan fingerprint density at radius 3 is 2.23 bits per heavy atom. The van der Waals surface area contributed by atoms with E-state index < -0.39 is 5.60 Å². The molecule has 2 heterocycles. The zero-order valence-corrected chi connectivity index (χ0v) is 26.6. The van der Waals surface area contributed by atoms with Gasteiger partial charge in [0.15, 0.2) is 0 Å². The highest BCUT2D eigenvalue weighted by Gasteiger charge is 2.49. The summed E-state index contributed by atoms with van der Waals surface area (Å²) in [7, 11) is 4.23. The van der Waals surface area contributed by atoms with Crippen LogP contribution in [0.15, 0.2) is 30.3 Å². The molecular formula is C32H59N5O2. The lowest BCUT2D eigenvalue weighted by atomic mass is 9.97. The molecule has 3 N–H and O–H groups in total. The summed E-state index contributed by atoms with van der Waals surface area (Å²) in [4.78, 5) is 15.6. The molecule has 0 saturated carbocycles. The molecule has 7 atom stereocenters. The van der Waals surface area contributed by atoms with Gasteiger partial charge in [0.2, 0.25) is 5.91 Å². The topological polar surface area (TPSA) is 76.3 Å². The Kier molecular flexibility index (Phi) is 12.9. The number of aryl methyl sites for hydroxylation is 1. The molecule has 1 aromatic rings. The van der Waals surface area contributed by atoms with E-state index in [1.165, 1.54) is 24.9 Å². The predicted molar refractivity (Wildman–Crippen MR) is 163 cm³/mol. The Morgan fingerprint density at radius 2 is 1.72 bits per heavy atom. The molecule has 1 amide bonds. The van der Waals surface area contributed by atoms with Crippen molar-refractivity contribution in [1.29, 1.82) is 0 Å². The maximum atomic E-state index is 10.9. The van der Waals surface area contributed by atoms with Gasteiger partial charge in [-0.25, -0.2) is 10.0 Å². The highest BCUT2D eigenvalue weighted by Crippen LogP contribution is 2.37. The van der Waals surface area contributed by atoms with Gasteiger partial charge < -0.3 is 10.8 Å². The summed E-state index contributed by atoms with van der Waals surface area (Å²) >= 11 is 0. The van der Waals surface area contributed by atoms with Crippen molar-refractivity contribution in [2.75, 3.05) is 20.6 Å². The molecule has 2 saturated heterocycles. The van der Waals surface area contributed by atoms with Gasteiger partial charge in [0.1, 0.15) is 6.17 Å². The number of primary amides is 1. The molecule has 1 aromatic carbocycles. The number of nitrogens with zero attached hydrogens (tertiary/aromatic N) is 4. The number of aliphatic hydroxyl groups is 1. The van der Waals surface area contributed by atoms with Gasteiger partial charge in [-0.15, -0.1) is 0 Å². The molecule has 7 unspecified atom stereocenters. The normalized spacial score (nSPS) is 28.7. The second-order valence-electron chi connectivity index (χ2n) is 12.9. The van der Waals surface area contributed by atoms with Crippen molar-refractivity contribution in [1.82, 2.24) is 19.8 Å². The van der Waals surface area contributed by atoms with Crippen molar-refractivity contribution >= 4 is 5.91 Å². The molecule has 2 aliphatic rings. The van der Waals surface area contributed by atoms with Crippen molar-refractivity contribution in [2.24, 2.45) is 17.6 Å². The fraction of sp³-hybridized carbons (Fsp3) is 0.781. The zero-order chi connectivity index (χ0) is 29.5. The molecule has 2 aliphatic heterocycles. The first kappa shape index (κ1) is 33.7. The SMILES string of the molecule is CC1CC(CC(C)N2C(C)N(C)N(C)C2C(C)(C)O)N(CCCc2ccccc2)C1C.CCCC(C)C(N)=O. The molecule has 0 spiro atoms. The Morgan fingerprint density at radius 1 is 1.10 bits per heavy atom. The Hall–Kier alpha value is -1.51. The molecule has 0 aliphatic carbocycles. The molecule has 2 fully saturated rings. The highest BCUT2D eigenvalue weighted by molar-refractivity contribution is 5.76. The van der Waals surface area contributed by atoms with Crippen LogP contribution in [0.25, 0.3) is 0 Å². The fourth-order valence-corrected chi connectivity index (χ4v) is 6.70. The lowest BCUT2D eigenvalue weighted by Gasteiger charge is -2.41. The van der Waals surface area contributed by atoms with Crippen molar-refractivity contribution in [3.05, 3.63) is 35.9 Å². The number of likely N-dealkylation sites (N-methyl/N-ethyl adjacent to an activating group) is 1. The summed E-state index contributed by atoms with van der Waals surface area (Å²) in [6.07, 6.45) is 7.00. The summed E-state index contributed by atoms with van der Waals surface area (Å²) in [6.45, 7) is 18.4. The van der Waals surface area contributed by atoms with Gasteiger partial charge in [-0.2, -0.15) is 0 Å². The number of likely N-dealkylation sites (tertiary alicyclic amines) is 1. The number of hydrogen-bond donors (Lipinski definition) is 2. The van der Waals surface area contributed by atoms with E-state index in [1.807, 2.05) is 27.7 Å². The van der Waals surface area contributed by atoms with E-state index in [4.69, 9.17) is 5.73 Å². The molecule has 7 heteroatoms. The van der Waals surface area contributed by atoms with Crippen LogP contribution >= 0.6 is 0 Å². The number of rotatable bonds is 11. The zero-order valence-electron chi connectivity index (χ0n) is 26.6. The van der Waals surface area contributed by atoms with Gasteiger partial charge in [0, 0.05) is 38.1 Å². The largest absolute Gasteiger partial charge is 0.387 e. The number of nitrogens with two attached hydrogens (primary N) is 1. The van der Waals surface area contributed by atoms with Crippen molar-refractivity contribution in [3.63, 3.8) is 0 Å². The van der Waals surface area contributed by atoms with Crippen LogP contribution in [0.2, 0.25) is 0 Å². The molecule has 224 valence electrons. The summed E-state index contributed by atoms with van der Waals surface area (Å²) < 4.78 is 0. The number of hydrazine groups is 1. The van der Waals surface area contributed by atoms with Crippen LogP contribution in [0.4, 0.5) is 0 Å².